The Bertz CT molecular complexity index is 1240. The Kier molecular flexibility index (Phi) is 5.76. The van der Waals surface area contributed by atoms with Crippen molar-refractivity contribution in [2.45, 2.75) is 32.0 Å². The smallest absolute Gasteiger partial charge is 0.275 e. The van der Waals surface area contributed by atoms with Crippen molar-refractivity contribution in [3.63, 3.8) is 0 Å². The average Bonchev–Trinajstić information content (AvgIpc) is 3.50. The highest BCUT2D eigenvalue weighted by molar-refractivity contribution is 7.88. The number of piperidine rings is 1. The number of sulfonamides is 1. The molecule has 5 rings (SSSR count). The Morgan fingerprint density at radius 2 is 2.06 bits per heavy atom. The number of aromatic amines is 1. The molecule has 0 saturated carbocycles. The van der Waals surface area contributed by atoms with Gasteiger partial charge in [-0.2, -0.15) is 5.10 Å². The standard InChI is InChI=1S/C20H24N8O3S2/c1-33(30,31)26-14-4-7-27(8-5-14)18-15(3-2-6-21-18)23-19(29)17-12-32-20(24-17)28-10-13-9-22-25-16(13)11-28/h2-3,6,9,12,14,26H,4-5,7-8,10-11H2,1H3,(H,22,25)(H,23,29). The van der Waals surface area contributed by atoms with Crippen molar-refractivity contribution in [2.24, 2.45) is 0 Å². The molecule has 0 spiro atoms. The normalized spacial score (nSPS) is 16.8. The van der Waals surface area contributed by atoms with E-state index in [2.05, 4.69) is 40.0 Å². The van der Waals surface area contributed by atoms with Crippen LogP contribution in [0.25, 0.3) is 0 Å². The Labute approximate surface area is 195 Å². The lowest BCUT2D eigenvalue weighted by molar-refractivity contribution is 0.102. The molecule has 174 valence electrons. The predicted molar refractivity (Wildman–Crippen MR) is 126 cm³/mol. The highest BCUT2D eigenvalue weighted by Crippen LogP contribution is 2.30. The number of anilines is 3. The molecular weight excluding hydrogens is 464 g/mol. The molecule has 0 aliphatic carbocycles. The molecule has 3 N–H and O–H groups in total. The molecule has 3 aromatic rings. The maximum absolute atomic E-state index is 12.9. The van der Waals surface area contributed by atoms with Crippen LogP contribution in [0.5, 0.6) is 0 Å². The molecule has 5 heterocycles. The van der Waals surface area contributed by atoms with Crippen LogP contribution in [0.4, 0.5) is 16.6 Å². The number of pyridine rings is 1. The van der Waals surface area contributed by atoms with Crippen LogP contribution in [-0.2, 0) is 23.1 Å². The number of fused-ring (bicyclic) bond motifs is 1. The Morgan fingerprint density at radius 3 is 2.82 bits per heavy atom. The van der Waals surface area contributed by atoms with Gasteiger partial charge >= 0.3 is 0 Å². The largest absolute Gasteiger partial charge is 0.355 e. The number of H-pyrrole nitrogens is 1. The summed E-state index contributed by atoms with van der Waals surface area (Å²) in [6.45, 7) is 2.69. The number of nitrogens with one attached hydrogen (secondary N) is 3. The van der Waals surface area contributed by atoms with Crippen LogP contribution in [-0.4, -0.2) is 59.9 Å². The van der Waals surface area contributed by atoms with Crippen LogP contribution in [0.3, 0.4) is 0 Å². The van der Waals surface area contributed by atoms with Crippen molar-refractivity contribution in [1.29, 1.82) is 0 Å². The van der Waals surface area contributed by atoms with E-state index in [-0.39, 0.29) is 11.9 Å². The molecule has 1 fully saturated rings. The molecular formula is C20H24N8O3S2. The average molecular weight is 489 g/mol. The fraction of sp³-hybridized carbons (Fsp3) is 0.400. The van der Waals surface area contributed by atoms with Gasteiger partial charge in [-0.3, -0.25) is 9.89 Å². The molecule has 0 aromatic carbocycles. The predicted octanol–water partition coefficient (Wildman–Crippen LogP) is 1.55. The Balaban J connectivity index is 1.24. The minimum atomic E-state index is -3.23. The number of amides is 1. The van der Waals surface area contributed by atoms with Gasteiger partial charge in [0.05, 0.1) is 30.4 Å². The van der Waals surface area contributed by atoms with Gasteiger partial charge in [-0.1, -0.05) is 0 Å². The number of nitrogens with zero attached hydrogens (tertiary/aromatic N) is 5. The topological polar surface area (TPSA) is 136 Å². The van der Waals surface area contributed by atoms with E-state index in [1.54, 1.807) is 17.6 Å². The summed E-state index contributed by atoms with van der Waals surface area (Å²) in [5.41, 5.74) is 3.18. The summed E-state index contributed by atoms with van der Waals surface area (Å²) in [5, 5.41) is 12.5. The zero-order chi connectivity index (χ0) is 23.0. The number of hydrogen-bond donors (Lipinski definition) is 3. The summed E-state index contributed by atoms with van der Waals surface area (Å²) in [6, 6.07) is 3.50. The Hall–Kier alpha value is -3.03. The van der Waals surface area contributed by atoms with Gasteiger partial charge in [0.15, 0.2) is 10.9 Å². The maximum atomic E-state index is 12.9. The van der Waals surface area contributed by atoms with Crippen LogP contribution < -0.4 is 19.8 Å². The summed E-state index contributed by atoms with van der Waals surface area (Å²) in [7, 11) is -3.23. The quantitative estimate of drug-likeness (QED) is 0.475. The number of hydrogen-bond acceptors (Lipinski definition) is 9. The lowest BCUT2D eigenvalue weighted by Gasteiger charge is -2.33. The second-order valence-electron chi connectivity index (χ2n) is 8.23. The zero-order valence-corrected chi connectivity index (χ0v) is 19.6. The maximum Gasteiger partial charge on any atom is 0.275 e. The minimum Gasteiger partial charge on any atom is -0.355 e. The zero-order valence-electron chi connectivity index (χ0n) is 18.0. The molecule has 2 aliphatic heterocycles. The molecule has 13 heteroatoms. The second kappa shape index (κ2) is 8.72. The van der Waals surface area contributed by atoms with Crippen molar-refractivity contribution in [1.82, 2.24) is 24.9 Å². The third-order valence-electron chi connectivity index (χ3n) is 5.72. The minimum absolute atomic E-state index is 0.0886. The van der Waals surface area contributed by atoms with Crippen molar-refractivity contribution < 1.29 is 13.2 Å². The fourth-order valence-corrected chi connectivity index (χ4v) is 5.80. The van der Waals surface area contributed by atoms with Crippen molar-refractivity contribution in [2.75, 3.05) is 34.5 Å². The van der Waals surface area contributed by atoms with E-state index >= 15 is 0 Å². The van der Waals surface area contributed by atoms with Gasteiger partial charge in [-0.15, -0.1) is 11.3 Å². The van der Waals surface area contributed by atoms with Crippen molar-refractivity contribution >= 4 is 43.9 Å². The molecule has 1 amide bonds. The number of thiazole rings is 1. The van der Waals surface area contributed by atoms with Gasteiger partial charge in [-0.05, 0) is 25.0 Å². The van der Waals surface area contributed by atoms with Gasteiger partial charge in [0, 0.05) is 42.8 Å². The Morgan fingerprint density at radius 1 is 1.24 bits per heavy atom. The lowest BCUT2D eigenvalue weighted by atomic mass is 10.1. The third kappa shape index (κ3) is 4.84. The van der Waals surface area contributed by atoms with Gasteiger partial charge in [0.25, 0.3) is 5.91 Å². The van der Waals surface area contributed by atoms with E-state index < -0.39 is 10.0 Å². The van der Waals surface area contributed by atoms with Crippen molar-refractivity contribution in [3.8, 4) is 0 Å². The highest BCUT2D eigenvalue weighted by Gasteiger charge is 2.26. The van der Waals surface area contributed by atoms with Crippen molar-refractivity contribution in [3.05, 3.63) is 46.9 Å². The summed E-state index contributed by atoms with van der Waals surface area (Å²) >= 11 is 1.43. The molecule has 3 aromatic heterocycles. The molecule has 0 bridgehead atoms. The number of rotatable bonds is 6. The summed E-state index contributed by atoms with van der Waals surface area (Å²) in [5.74, 6) is 0.379. The van der Waals surface area contributed by atoms with E-state index in [9.17, 15) is 13.2 Å². The third-order valence-corrected chi connectivity index (χ3v) is 7.39. The first-order valence-corrected chi connectivity index (χ1v) is 13.3. The summed E-state index contributed by atoms with van der Waals surface area (Å²) in [4.78, 5) is 26.1. The number of carbonyl (C=O) groups is 1. The van der Waals surface area contributed by atoms with E-state index in [1.165, 1.54) is 17.6 Å². The van der Waals surface area contributed by atoms with Gasteiger partial charge in [0.1, 0.15) is 5.69 Å². The molecule has 0 radical (unpaired) electrons. The number of carbonyl (C=O) groups excluding carboxylic acids is 1. The first kappa shape index (κ1) is 21.8. The molecule has 33 heavy (non-hydrogen) atoms. The van der Waals surface area contributed by atoms with Gasteiger partial charge in [0.2, 0.25) is 10.0 Å². The highest BCUT2D eigenvalue weighted by atomic mass is 32.2. The summed E-state index contributed by atoms with van der Waals surface area (Å²) < 4.78 is 25.7. The fourth-order valence-electron chi connectivity index (χ4n) is 4.16. The van der Waals surface area contributed by atoms with Crippen LogP contribution in [0.2, 0.25) is 0 Å². The lowest BCUT2D eigenvalue weighted by Crippen LogP contribution is -2.44. The molecule has 11 nitrogen and oxygen atoms in total. The first-order valence-electron chi connectivity index (χ1n) is 10.6. The SMILES string of the molecule is CS(=O)(=O)NC1CCN(c2ncccc2NC(=O)c2csc(N3Cc4cn[nH]c4C3)n2)CC1. The van der Waals surface area contributed by atoms with E-state index in [0.717, 1.165) is 22.9 Å². The first-order chi connectivity index (χ1) is 15.9. The van der Waals surface area contributed by atoms with Gasteiger partial charge in [-0.25, -0.2) is 23.1 Å². The van der Waals surface area contributed by atoms with Crippen LogP contribution >= 0.6 is 11.3 Å². The molecule has 0 atom stereocenters. The van der Waals surface area contributed by atoms with Crippen LogP contribution in [0, 0.1) is 0 Å². The molecule has 2 aliphatic rings. The van der Waals surface area contributed by atoms with Crippen LogP contribution in [0.15, 0.2) is 29.9 Å². The van der Waals surface area contributed by atoms with Gasteiger partial charge < -0.3 is 15.1 Å². The molecule has 1 saturated heterocycles. The monoisotopic (exact) mass is 488 g/mol. The second-order valence-corrected chi connectivity index (χ2v) is 10.8. The van der Waals surface area contributed by atoms with Crippen LogP contribution in [0.1, 0.15) is 34.6 Å². The van der Waals surface area contributed by atoms with E-state index in [4.69, 9.17) is 0 Å². The number of aromatic nitrogens is 4. The van der Waals surface area contributed by atoms with E-state index in [0.29, 0.717) is 49.7 Å². The summed E-state index contributed by atoms with van der Waals surface area (Å²) in [6.07, 6.45) is 6.01. The molecule has 0 unspecified atom stereocenters. The van der Waals surface area contributed by atoms with E-state index in [1.807, 2.05) is 12.3 Å².